The maximum Gasteiger partial charge on any atom is 0.337 e. The highest BCUT2D eigenvalue weighted by Crippen LogP contribution is 2.14. The van der Waals surface area contributed by atoms with E-state index in [2.05, 4.69) is 14.7 Å². The molecule has 1 aromatic carbocycles. The van der Waals surface area contributed by atoms with Crippen LogP contribution < -0.4 is 0 Å². The number of aromatic nitrogens is 2. The number of carbonyl (C=O) groups excluding carboxylic acids is 1. The monoisotopic (exact) mass is 314 g/mol. The summed E-state index contributed by atoms with van der Waals surface area (Å²) in [6, 6.07) is 5.20. The minimum Gasteiger partial charge on any atom is -0.465 e. The van der Waals surface area contributed by atoms with Crippen molar-refractivity contribution in [3.05, 3.63) is 33.8 Å². The highest BCUT2D eigenvalue weighted by atomic mass is 127. The van der Waals surface area contributed by atoms with Crippen LogP contribution in [0.1, 0.15) is 10.4 Å². The van der Waals surface area contributed by atoms with Crippen molar-refractivity contribution < 1.29 is 9.53 Å². The molecule has 0 saturated heterocycles. The summed E-state index contributed by atoms with van der Waals surface area (Å²) in [6.07, 6.45) is 1.73. The Morgan fingerprint density at radius 3 is 3.00 bits per heavy atom. The summed E-state index contributed by atoms with van der Waals surface area (Å²) in [7, 11) is 1.36. The first-order valence-electron chi connectivity index (χ1n) is 4.21. The summed E-state index contributed by atoms with van der Waals surface area (Å²) in [4.78, 5) is 19.6. The SMILES string of the molecule is COC(=O)c1ccc2cnc(I)nc2c1. The molecule has 0 amide bonds. The number of esters is 1. The molecule has 0 atom stereocenters. The fourth-order valence-electron chi connectivity index (χ4n) is 1.25. The lowest BCUT2D eigenvalue weighted by Gasteiger charge is -2.01. The Kier molecular flexibility index (Phi) is 2.81. The van der Waals surface area contributed by atoms with E-state index in [0.717, 1.165) is 10.9 Å². The lowest BCUT2D eigenvalue weighted by atomic mass is 10.1. The molecule has 0 fully saturated rings. The predicted octanol–water partition coefficient (Wildman–Crippen LogP) is 2.02. The van der Waals surface area contributed by atoms with Gasteiger partial charge in [-0.05, 0) is 12.1 Å². The van der Waals surface area contributed by atoms with Gasteiger partial charge in [-0.3, -0.25) is 0 Å². The first-order valence-corrected chi connectivity index (χ1v) is 5.29. The lowest BCUT2D eigenvalue weighted by molar-refractivity contribution is 0.0601. The van der Waals surface area contributed by atoms with E-state index in [9.17, 15) is 4.79 Å². The number of nitrogens with zero attached hydrogens (tertiary/aromatic N) is 2. The summed E-state index contributed by atoms with van der Waals surface area (Å²) in [5.41, 5.74) is 1.25. The molecule has 0 aliphatic rings. The van der Waals surface area contributed by atoms with Crippen molar-refractivity contribution in [3.8, 4) is 0 Å². The van der Waals surface area contributed by atoms with Crippen molar-refractivity contribution in [3.63, 3.8) is 0 Å². The molecule has 1 heterocycles. The van der Waals surface area contributed by atoms with Gasteiger partial charge >= 0.3 is 5.97 Å². The third-order valence-electron chi connectivity index (χ3n) is 1.97. The Hall–Kier alpha value is -1.24. The van der Waals surface area contributed by atoms with Crippen LogP contribution in [0.4, 0.5) is 0 Å². The smallest absolute Gasteiger partial charge is 0.337 e. The number of benzene rings is 1. The highest BCUT2D eigenvalue weighted by molar-refractivity contribution is 14.1. The molecule has 2 rings (SSSR count). The Balaban J connectivity index is 2.59. The molecule has 15 heavy (non-hydrogen) atoms. The van der Waals surface area contributed by atoms with Crippen LogP contribution in [0.25, 0.3) is 10.9 Å². The second-order valence-electron chi connectivity index (χ2n) is 2.90. The first kappa shape index (κ1) is 10.3. The van der Waals surface area contributed by atoms with Crippen LogP contribution in [0.15, 0.2) is 24.4 Å². The third kappa shape index (κ3) is 2.06. The quantitative estimate of drug-likeness (QED) is 0.459. The Morgan fingerprint density at radius 2 is 2.27 bits per heavy atom. The van der Waals surface area contributed by atoms with Gasteiger partial charge in [-0.15, -0.1) is 0 Å². The average Bonchev–Trinajstić information content (AvgIpc) is 2.27. The van der Waals surface area contributed by atoms with Gasteiger partial charge in [-0.2, -0.15) is 0 Å². The van der Waals surface area contributed by atoms with E-state index in [1.165, 1.54) is 7.11 Å². The van der Waals surface area contributed by atoms with Gasteiger partial charge in [-0.1, -0.05) is 6.07 Å². The average molecular weight is 314 g/mol. The molecular weight excluding hydrogens is 307 g/mol. The van der Waals surface area contributed by atoms with Crippen LogP contribution in [0, 0.1) is 3.83 Å². The fourth-order valence-corrected chi connectivity index (χ4v) is 1.64. The van der Waals surface area contributed by atoms with Crippen LogP contribution in [0.3, 0.4) is 0 Å². The zero-order valence-corrected chi connectivity index (χ0v) is 10.1. The number of methoxy groups -OCH3 is 1. The molecule has 5 heteroatoms. The number of rotatable bonds is 1. The van der Waals surface area contributed by atoms with E-state index in [1.807, 2.05) is 22.6 Å². The lowest BCUT2D eigenvalue weighted by Crippen LogP contribution is -2.01. The van der Waals surface area contributed by atoms with Gasteiger partial charge in [0, 0.05) is 34.2 Å². The van der Waals surface area contributed by atoms with E-state index in [1.54, 1.807) is 24.4 Å². The van der Waals surface area contributed by atoms with Gasteiger partial charge in [0.1, 0.15) is 0 Å². The summed E-state index contributed by atoms with van der Waals surface area (Å²) in [5.74, 6) is -0.356. The highest BCUT2D eigenvalue weighted by Gasteiger charge is 2.06. The van der Waals surface area contributed by atoms with E-state index in [4.69, 9.17) is 0 Å². The largest absolute Gasteiger partial charge is 0.465 e. The molecule has 0 N–H and O–H groups in total. The molecular formula is C10H7IN2O2. The molecule has 0 aliphatic carbocycles. The van der Waals surface area contributed by atoms with Crippen LogP contribution in [0.2, 0.25) is 0 Å². The maximum atomic E-state index is 11.3. The van der Waals surface area contributed by atoms with Crippen molar-refractivity contribution in [2.45, 2.75) is 0 Å². The number of halogens is 1. The number of hydrogen-bond acceptors (Lipinski definition) is 4. The van der Waals surface area contributed by atoms with Gasteiger partial charge in [0.15, 0.2) is 3.83 Å². The van der Waals surface area contributed by atoms with Crippen LogP contribution in [-0.2, 0) is 4.74 Å². The summed E-state index contributed by atoms with van der Waals surface area (Å²) >= 11 is 2.03. The minimum atomic E-state index is -0.356. The fraction of sp³-hybridized carbons (Fsp3) is 0.100. The van der Waals surface area contributed by atoms with Crippen LogP contribution in [-0.4, -0.2) is 23.0 Å². The summed E-state index contributed by atoms with van der Waals surface area (Å²) in [6.45, 7) is 0. The molecule has 0 spiro atoms. The minimum absolute atomic E-state index is 0.356. The Bertz CT molecular complexity index is 528. The van der Waals surface area contributed by atoms with Crippen LogP contribution >= 0.6 is 22.6 Å². The normalized spacial score (nSPS) is 10.3. The number of hydrogen-bond donors (Lipinski definition) is 0. The van der Waals surface area contributed by atoms with E-state index in [0.29, 0.717) is 9.39 Å². The second kappa shape index (κ2) is 4.09. The van der Waals surface area contributed by atoms with Crippen molar-refractivity contribution >= 4 is 39.5 Å². The zero-order chi connectivity index (χ0) is 10.8. The molecule has 0 bridgehead atoms. The number of fused-ring (bicyclic) bond motifs is 1. The van der Waals surface area contributed by atoms with E-state index < -0.39 is 0 Å². The van der Waals surface area contributed by atoms with Gasteiger partial charge in [0.25, 0.3) is 0 Å². The molecule has 0 aliphatic heterocycles. The third-order valence-corrected chi connectivity index (χ3v) is 2.49. The summed E-state index contributed by atoms with van der Waals surface area (Å²) < 4.78 is 5.29. The second-order valence-corrected chi connectivity index (χ2v) is 3.87. The zero-order valence-electron chi connectivity index (χ0n) is 7.90. The standard InChI is InChI=1S/C10H7IN2O2/c1-15-9(14)6-2-3-7-5-12-10(11)13-8(7)4-6/h2-5H,1H3. The van der Waals surface area contributed by atoms with Gasteiger partial charge < -0.3 is 4.74 Å². The first-order chi connectivity index (χ1) is 7.20. The number of carbonyl (C=O) groups is 1. The van der Waals surface area contributed by atoms with Crippen molar-refractivity contribution in [2.24, 2.45) is 0 Å². The molecule has 2 aromatic rings. The molecule has 0 radical (unpaired) electrons. The van der Waals surface area contributed by atoms with Gasteiger partial charge in [-0.25, -0.2) is 14.8 Å². The topological polar surface area (TPSA) is 52.1 Å². The van der Waals surface area contributed by atoms with Crippen molar-refractivity contribution in [1.82, 2.24) is 9.97 Å². The van der Waals surface area contributed by atoms with Crippen molar-refractivity contribution in [2.75, 3.05) is 7.11 Å². The maximum absolute atomic E-state index is 11.3. The van der Waals surface area contributed by atoms with E-state index >= 15 is 0 Å². The molecule has 76 valence electrons. The molecule has 4 nitrogen and oxygen atoms in total. The van der Waals surface area contributed by atoms with Crippen LogP contribution in [0.5, 0.6) is 0 Å². The van der Waals surface area contributed by atoms with E-state index in [-0.39, 0.29) is 5.97 Å². The molecule has 0 unspecified atom stereocenters. The van der Waals surface area contributed by atoms with Crippen molar-refractivity contribution in [1.29, 1.82) is 0 Å². The van der Waals surface area contributed by atoms with Gasteiger partial charge in [0.05, 0.1) is 18.2 Å². The Labute approximate surface area is 99.8 Å². The Morgan fingerprint density at radius 1 is 1.47 bits per heavy atom. The van der Waals surface area contributed by atoms with Gasteiger partial charge in [0.2, 0.25) is 0 Å². The molecule has 0 saturated carbocycles. The summed E-state index contributed by atoms with van der Waals surface area (Å²) in [5, 5.41) is 0.906. The number of ether oxygens (including phenoxy) is 1. The molecule has 1 aromatic heterocycles. The predicted molar refractivity (Wildman–Crippen MR) is 63.6 cm³/mol.